The van der Waals surface area contributed by atoms with Crippen molar-refractivity contribution >= 4 is 23.7 Å². The normalized spacial score (nSPS) is 13.6. The molecule has 2 atom stereocenters. The Morgan fingerprint density at radius 1 is 0.741 bits per heavy atom. The van der Waals surface area contributed by atoms with Crippen LogP contribution in [0.1, 0.15) is 25.5 Å². The van der Waals surface area contributed by atoms with Gasteiger partial charge in [-0.05, 0) is 19.4 Å². The Labute approximate surface area is 160 Å². The third-order valence-electron chi connectivity index (χ3n) is 4.86. The first kappa shape index (κ1) is 19.1. The minimum Gasteiger partial charge on any atom is -0.349 e. The number of nitrogens with one attached hydrogen (secondary N) is 1. The number of carbonyl (C=O) groups excluding carboxylic acids is 1. The Kier molecular flexibility index (Phi) is 5.93. The lowest BCUT2D eigenvalue weighted by Gasteiger charge is -2.26. The van der Waals surface area contributed by atoms with E-state index in [-0.39, 0.29) is 11.9 Å². The molecule has 3 rings (SSSR count). The van der Waals surface area contributed by atoms with Gasteiger partial charge in [0, 0.05) is 10.6 Å². The van der Waals surface area contributed by atoms with Crippen molar-refractivity contribution in [3.05, 3.63) is 96.6 Å². The van der Waals surface area contributed by atoms with Crippen molar-refractivity contribution in [2.45, 2.75) is 25.5 Å². The molecule has 0 aliphatic heterocycles. The predicted molar refractivity (Wildman–Crippen MR) is 112 cm³/mol. The van der Waals surface area contributed by atoms with Gasteiger partial charge in [-0.3, -0.25) is 4.79 Å². The summed E-state index contributed by atoms with van der Waals surface area (Å²) in [5.41, 5.74) is 0.348. The van der Waals surface area contributed by atoms with Gasteiger partial charge in [0.1, 0.15) is 0 Å². The topological polar surface area (TPSA) is 46.2 Å². The molecular weight excluding hydrogens is 353 g/mol. The van der Waals surface area contributed by atoms with E-state index < -0.39 is 12.8 Å². The lowest BCUT2D eigenvalue weighted by Crippen LogP contribution is -2.38. The smallest absolute Gasteiger partial charge is 0.231 e. The molecule has 0 aliphatic rings. The van der Waals surface area contributed by atoms with E-state index in [1.165, 1.54) is 0 Å². The van der Waals surface area contributed by atoms with Crippen molar-refractivity contribution < 1.29 is 9.36 Å². The maximum absolute atomic E-state index is 14.2. The van der Waals surface area contributed by atoms with Crippen molar-refractivity contribution in [3.8, 4) is 0 Å². The summed E-state index contributed by atoms with van der Waals surface area (Å²) < 4.78 is 14.2. The fourth-order valence-corrected chi connectivity index (χ4v) is 6.05. The van der Waals surface area contributed by atoms with Crippen molar-refractivity contribution in [1.29, 1.82) is 0 Å². The molecule has 4 heteroatoms. The molecule has 0 bridgehead atoms. The van der Waals surface area contributed by atoms with Crippen molar-refractivity contribution in [2.24, 2.45) is 0 Å². The van der Waals surface area contributed by atoms with Gasteiger partial charge >= 0.3 is 0 Å². The van der Waals surface area contributed by atoms with E-state index in [0.717, 1.165) is 5.56 Å². The molecule has 138 valence electrons. The highest BCUT2D eigenvalue weighted by Crippen LogP contribution is 2.48. The van der Waals surface area contributed by atoms with E-state index in [0.29, 0.717) is 10.6 Å². The lowest BCUT2D eigenvalue weighted by molar-refractivity contribution is -0.121. The number of carbonyl (C=O) groups is 1. The summed E-state index contributed by atoms with van der Waals surface area (Å²) in [4.78, 5) is 13.0. The molecule has 27 heavy (non-hydrogen) atoms. The summed E-state index contributed by atoms with van der Waals surface area (Å²) >= 11 is 0. The van der Waals surface area contributed by atoms with Crippen LogP contribution in [0.4, 0.5) is 0 Å². The number of benzene rings is 3. The Morgan fingerprint density at radius 2 is 1.15 bits per heavy atom. The van der Waals surface area contributed by atoms with Gasteiger partial charge in [-0.25, -0.2) is 0 Å². The summed E-state index contributed by atoms with van der Waals surface area (Å²) in [7, 11) is -3.13. The average molecular weight is 377 g/mol. The van der Waals surface area contributed by atoms with E-state index in [9.17, 15) is 9.36 Å². The first-order valence-electron chi connectivity index (χ1n) is 9.09. The van der Waals surface area contributed by atoms with E-state index in [1.807, 2.05) is 97.9 Å². The van der Waals surface area contributed by atoms with Crippen LogP contribution < -0.4 is 15.9 Å². The highest BCUT2D eigenvalue weighted by atomic mass is 31.2. The highest BCUT2D eigenvalue weighted by molar-refractivity contribution is 7.80. The Morgan fingerprint density at radius 3 is 1.59 bits per heavy atom. The zero-order valence-electron chi connectivity index (χ0n) is 15.6. The Hall–Kier alpha value is -2.64. The molecule has 1 unspecified atom stereocenters. The molecule has 1 N–H and O–H groups in total. The second-order valence-electron chi connectivity index (χ2n) is 6.65. The predicted octanol–water partition coefficient (Wildman–Crippen LogP) is 4.27. The van der Waals surface area contributed by atoms with Crippen LogP contribution in [-0.4, -0.2) is 11.6 Å². The summed E-state index contributed by atoms with van der Waals surface area (Å²) in [5, 5.41) is 4.43. The lowest BCUT2D eigenvalue weighted by atomic mass is 10.1. The minimum absolute atomic E-state index is 0.152. The largest absolute Gasteiger partial charge is 0.349 e. The number of amides is 1. The van der Waals surface area contributed by atoms with Gasteiger partial charge in [0.05, 0.1) is 11.7 Å². The van der Waals surface area contributed by atoms with Crippen LogP contribution in [-0.2, 0) is 9.36 Å². The quantitative estimate of drug-likeness (QED) is 0.652. The van der Waals surface area contributed by atoms with E-state index in [4.69, 9.17) is 0 Å². The van der Waals surface area contributed by atoms with Crippen LogP contribution in [0, 0.1) is 0 Å². The number of hydrogen-bond acceptors (Lipinski definition) is 2. The molecule has 0 fully saturated rings. The standard InChI is InChI=1S/C23H24NO2P/c1-18(20-12-6-3-7-13-20)24-23(25)19(2)27(26,21-14-8-4-9-15-21)22-16-10-5-11-17-22/h3-19H,1-2H3,(H,24,25)/t18-,19?/m0/s1. The maximum Gasteiger partial charge on any atom is 0.231 e. The highest BCUT2D eigenvalue weighted by Gasteiger charge is 2.38. The van der Waals surface area contributed by atoms with Crippen LogP contribution in [0.5, 0.6) is 0 Å². The van der Waals surface area contributed by atoms with Gasteiger partial charge in [-0.2, -0.15) is 0 Å². The molecule has 0 heterocycles. The molecular formula is C23H24NO2P. The third-order valence-corrected chi connectivity index (χ3v) is 8.32. The van der Waals surface area contributed by atoms with Gasteiger partial charge in [0.2, 0.25) is 5.91 Å². The molecule has 3 aromatic carbocycles. The molecule has 0 aromatic heterocycles. The van der Waals surface area contributed by atoms with Crippen molar-refractivity contribution in [1.82, 2.24) is 5.32 Å². The molecule has 0 radical (unpaired) electrons. The van der Waals surface area contributed by atoms with Crippen molar-refractivity contribution in [2.75, 3.05) is 0 Å². The van der Waals surface area contributed by atoms with Crippen LogP contribution in [0.15, 0.2) is 91.0 Å². The summed E-state index contributed by atoms with van der Waals surface area (Å²) in [6.45, 7) is 3.70. The molecule has 0 aliphatic carbocycles. The molecule has 3 aromatic rings. The molecule has 0 saturated heterocycles. The SMILES string of the molecule is CC(C(=O)N[C@@H](C)c1ccccc1)P(=O)(c1ccccc1)c1ccccc1. The monoisotopic (exact) mass is 377 g/mol. The van der Waals surface area contributed by atoms with Gasteiger partial charge in [0.15, 0.2) is 7.14 Å². The first-order chi connectivity index (χ1) is 13.0. The second kappa shape index (κ2) is 8.37. The minimum atomic E-state index is -3.13. The molecule has 0 spiro atoms. The second-order valence-corrected chi connectivity index (χ2v) is 9.77. The van der Waals surface area contributed by atoms with Crippen molar-refractivity contribution in [3.63, 3.8) is 0 Å². The molecule has 3 nitrogen and oxygen atoms in total. The zero-order valence-corrected chi connectivity index (χ0v) is 16.5. The van der Waals surface area contributed by atoms with Gasteiger partial charge in [-0.15, -0.1) is 0 Å². The van der Waals surface area contributed by atoms with Crippen LogP contribution in [0.25, 0.3) is 0 Å². The average Bonchev–Trinajstić information content (AvgIpc) is 2.74. The molecule has 0 saturated carbocycles. The van der Waals surface area contributed by atoms with Gasteiger partial charge in [-0.1, -0.05) is 91.0 Å². The van der Waals surface area contributed by atoms with Crippen LogP contribution in [0.2, 0.25) is 0 Å². The number of rotatable bonds is 6. The van der Waals surface area contributed by atoms with Gasteiger partial charge < -0.3 is 9.88 Å². The zero-order chi connectivity index (χ0) is 19.3. The number of hydrogen-bond donors (Lipinski definition) is 1. The Balaban J connectivity index is 1.93. The fraction of sp³-hybridized carbons (Fsp3) is 0.174. The summed E-state index contributed by atoms with van der Waals surface area (Å²) in [5.74, 6) is -0.206. The third kappa shape index (κ3) is 4.04. The van der Waals surface area contributed by atoms with Crippen LogP contribution in [0.3, 0.4) is 0 Å². The van der Waals surface area contributed by atoms with Gasteiger partial charge in [0.25, 0.3) is 0 Å². The van der Waals surface area contributed by atoms with Crippen LogP contribution >= 0.6 is 7.14 Å². The summed E-state index contributed by atoms with van der Waals surface area (Å²) in [6.07, 6.45) is 0. The van der Waals surface area contributed by atoms with E-state index in [1.54, 1.807) is 6.92 Å². The fourth-order valence-electron chi connectivity index (χ4n) is 3.22. The summed E-state index contributed by atoms with van der Waals surface area (Å²) in [6, 6.07) is 28.2. The van der Waals surface area contributed by atoms with E-state index in [2.05, 4.69) is 5.32 Å². The Bertz CT molecular complexity index is 883. The maximum atomic E-state index is 14.2. The molecule has 1 amide bonds. The first-order valence-corrected chi connectivity index (χ1v) is 10.9. The van der Waals surface area contributed by atoms with E-state index >= 15 is 0 Å².